The van der Waals surface area contributed by atoms with Gasteiger partial charge < -0.3 is 9.47 Å². The van der Waals surface area contributed by atoms with Crippen molar-refractivity contribution in [1.82, 2.24) is 0 Å². The molecule has 0 saturated heterocycles. The molecule has 0 aromatic carbocycles. The van der Waals surface area contributed by atoms with Crippen LogP contribution in [-0.2, 0) is 14.3 Å². The summed E-state index contributed by atoms with van der Waals surface area (Å²) in [7, 11) is -1.42. The second-order valence-electron chi connectivity index (χ2n) is 7.12. The predicted octanol–water partition coefficient (Wildman–Crippen LogP) is 5.33. The van der Waals surface area contributed by atoms with Gasteiger partial charge in [0.1, 0.15) is 5.76 Å². The van der Waals surface area contributed by atoms with E-state index in [1.54, 1.807) is 6.08 Å². The fraction of sp³-hybridized carbons (Fsp3) is 0.550. The minimum atomic E-state index is -1.42. The van der Waals surface area contributed by atoms with Crippen LogP contribution in [0.4, 0.5) is 0 Å². The summed E-state index contributed by atoms with van der Waals surface area (Å²) in [5, 5.41) is 1.47. The largest absolute Gasteiger partial charge is 0.494 e. The van der Waals surface area contributed by atoms with E-state index in [4.69, 9.17) is 9.47 Å². The van der Waals surface area contributed by atoms with Gasteiger partial charge in [0.2, 0.25) is 0 Å². The van der Waals surface area contributed by atoms with Gasteiger partial charge in [0, 0.05) is 11.6 Å². The fourth-order valence-electron chi connectivity index (χ4n) is 2.48. The summed E-state index contributed by atoms with van der Waals surface area (Å²) in [6.07, 6.45) is 9.79. The van der Waals surface area contributed by atoms with Gasteiger partial charge in [-0.05, 0) is 37.8 Å². The molecule has 0 aliphatic heterocycles. The van der Waals surface area contributed by atoms with Crippen LogP contribution in [0, 0.1) is 0 Å². The topological polar surface area (TPSA) is 35.5 Å². The van der Waals surface area contributed by atoms with Gasteiger partial charge in [-0.3, -0.25) is 0 Å². The highest BCUT2D eigenvalue weighted by atomic mass is 28.3. The van der Waals surface area contributed by atoms with E-state index in [2.05, 4.69) is 39.2 Å². The molecule has 0 aromatic heterocycles. The minimum absolute atomic E-state index is 0.280. The summed E-state index contributed by atoms with van der Waals surface area (Å²) in [6, 6.07) is 0. The molecule has 24 heavy (non-hydrogen) atoms. The standard InChI is InChI=1S/C20H32O3Si/c1-7-9-12-23-16(3)18-13-17(14-20(21)22-8-2)10-11-19(15-18)24(4,5)6/h13-15H,3,7-12H2,1-2,4-6H3/b17-14+. The molecule has 0 unspecified atom stereocenters. The first kappa shape index (κ1) is 20.5. The van der Waals surface area contributed by atoms with Gasteiger partial charge in [0.15, 0.2) is 0 Å². The summed E-state index contributed by atoms with van der Waals surface area (Å²) in [5.74, 6) is 0.410. The van der Waals surface area contributed by atoms with Crippen LogP contribution >= 0.6 is 0 Å². The summed E-state index contributed by atoms with van der Waals surface area (Å²) in [4.78, 5) is 11.8. The lowest BCUT2D eigenvalue weighted by Gasteiger charge is -2.21. The number of carbonyl (C=O) groups excluding carboxylic acids is 1. The summed E-state index contributed by atoms with van der Waals surface area (Å²) in [5.41, 5.74) is 1.96. The molecule has 0 spiro atoms. The molecule has 4 heteroatoms. The number of hydrogen-bond donors (Lipinski definition) is 0. The molecule has 1 rings (SSSR count). The van der Waals surface area contributed by atoms with E-state index < -0.39 is 8.07 Å². The number of esters is 1. The maximum Gasteiger partial charge on any atom is 0.331 e. The van der Waals surface area contributed by atoms with E-state index in [0.717, 1.165) is 36.8 Å². The van der Waals surface area contributed by atoms with Crippen LogP contribution in [0.15, 0.2) is 46.9 Å². The number of allylic oxidation sites excluding steroid dienone is 4. The van der Waals surface area contributed by atoms with Crippen molar-refractivity contribution >= 4 is 14.0 Å². The van der Waals surface area contributed by atoms with Crippen molar-refractivity contribution in [1.29, 1.82) is 0 Å². The molecular weight excluding hydrogens is 316 g/mol. The molecular formula is C20H32O3Si. The Balaban J connectivity index is 3.06. The number of hydrogen-bond acceptors (Lipinski definition) is 3. The van der Waals surface area contributed by atoms with Gasteiger partial charge in [-0.25, -0.2) is 4.79 Å². The number of rotatable bonds is 8. The first-order valence-electron chi connectivity index (χ1n) is 8.90. The maximum atomic E-state index is 11.8. The second-order valence-corrected chi connectivity index (χ2v) is 12.3. The summed E-state index contributed by atoms with van der Waals surface area (Å²) < 4.78 is 10.9. The van der Waals surface area contributed by atoms with Crippen molar-refractivity contribution in [3.05, 3.63) is 46.9 Å². The molecule has 0 atom stereocenters. The van der Waals surface area contributed by atoms with E-state index in [1.807, 2.05) is 13.0 Å². The van der Waals surface area contributed by atoms with Crippen LogP contribution in [0.2, 0.25) is 19.6 Å². The highest BCUT2D eigenvalue weighted by molar-refractivity contribution is 6.83. The highest BCUT2D eigenvalue weighted by Gasteiger charge is 2.22. The van der Waals surface area contributed by atoms with Gasteiger partial charge in [-0.1, -0.05) is 50.8 Å². The van der Waals surface area contributed by atoms with E-state index in [0.29, 0.717) is 19.0 Å². The lowest BCUT2D eigenvalue weighted by Crippen LogP contribution is -2.24. The third-order valence-corrected chi connectivity index (χ3v) is 6.32. The van der Waals surface area contributed by atoms with Crippen molar-refractivity contribution in [3.63, 3.8) is 0 Å². The molecule has 0 amide bonds. The molecule has 0 aromatic rings. The van der Waals surface area contributed by atoms with Crippen molar-refractivity contribution in [2.75, 3.05) is 13.2 Å². The maximum absolute atomic E-state index is 11.8. The third-order valence-electron chi connectivity index (χ3n) is 4.00. The Hall–Kier alpha value is -1.55. The number of unbranched alkanes of at least 4 members (excludes halogenated alkanes) is 1. The van der Waals surface area contributed by atoms with E-state index in [1.165, 1.54) is 5.20 Å². The predicted molar refractivity (Wildman–Crippen MR) is 103 cm³/mol. The first-order valence-corrected chi connectivity index (χ1v) is 12.4. The normalized spacial score (nSPS) is 17.0. The van der Waals surface area contributed by atoms with Crippen LogP contribution in [0.3, 0.4) is 0 Å². The zero-order valence-corrected chi connectivity index (χ0v) is 16.9. The lowest BCUT2D eigenvalue weighted by molar-refractivity contribution is -0.137. The number of ether oxygens (including phenoxy) is 2. The quantitative estimate of drug-likeness (QED) is 0.195. The molecule has 3 nitrogen and oxygen atoms in total. The molecule has 0 radical (unpaired) electrons. The molecule has 0 heterocycles. The monoisotopic (exact) mass is 348 g/mol. The van der Waals surface area contributed by atoms with Crippen LogP contribution < -0.4 is 0 Å². The smallest absolute Gasteiger partial charge is 0.331 e. The Morgan fingerprint density at radius 3 is 2.50 bits per heavy atom. The highest BCUT2D eigenvalue weighted by Crippen LogP contribution is 2.30. The van der Waals surface area contributed by atoms with Gasteiger partial charge in [0.25, 0.3) is 0 Å². The van der Waals surface area contributed by atoms with Gasteiger partial charge in [0.05, 0.1) is 21.3 Å². The molecule has 134 valence electrons. The van der Waals surface area contributed by atoms with Crippen molar-refractivity contribution in [2.45, 2.75) is 59.2 Å². The van der Waals surface area contributed by atoms with Gasteiger partial charge in [-0.2, -0.15) is 0 Å². The van der Waals surface area contributed by atoms with E-state index in [-0.39, 0.29) is 5.97 Å². The van der Waals surface area contributed by atoms with Crippen LogP contribution in [0.1, 0.15) is 39.5 Å². The fourth-order valence-corrected chi connectivity index (χ4v) is 3.94. The van der Waals surface area contributed by atoms with E-state index in [9.17, 15) is 4.79 Å². The zero-order chi connectivity index (χ0) is 18.2. The van der Waals surface area contributed by atoms with Crippen LogP contribution in [0.25, 0.3) is 0 Å². The van der Waals surface area contributed by atoms with Crippen LogP contribution in [-0.4, -0.2) is 27.3 Å². The summed E-state index contributed by atoms with van der Waals surface area (Å²) >= 11 is 0. The van der Waals surface area contributed by atoms with E-state index >= 15 is 0 Å². The molecule has 1 aliphatic rings. The Morgan fingerprint density at radius 2 is 1.92 bits per heavy atom. The van der Waals surface area contributed by atoms with Gasteiger partial charge >= 0.3 is 5.97 Å². The Morgan fingerprint density at radius 1 is 1.21 bits per heavy atom. The van der Waals surface area contributed by atoms with Crippen LogP contribution in [0.5, 0.6) is 0 Å². The molecule has 0 N–H and O–H groups in total. The molecule has 0 saturated carbocycles. The molecule has 0 fully saturated rings. The lowest BCUT2D eigenvalue weighted by atomic mass is 10.1. The minimum Gasteiger partial charge on any atom is -0.494 e. The van der Waals surface area contributed by atoms with Crippen molar-refractivity contribution < 1.29 is 14.3 Å². The van der Waals surface area contributed by atoms with Crippen molar-refractivity contribution in [3.8, 4) is 0 Å². The average Bonchev–Trinajstić information content (AvgIpc) is 2.70. The van der Waals surface area contributed by atoms with Crippen molar-refractivity contribution in [2.24, 2.45) is 0 Å². The number of carbonyl (C=O) groups is 1. The average molecular weight is 349 g/mol. The Kier molecular flexibility index (Phi) is 8.26. The molecule has 0 bridgehead atoms. The second kappa shape index (κ2) is 9.67. The Labute approximate surface area is 148 Å². The Bertz CT molecular complexity index is 548. The first-order chi connectivity index (χ1) is 11.3. The SMILES string of the molecule is C=C(OCCCC)C1=C/C(=C/C(=O)OCC)CCC([Si](C)(C)C)=C1. The zero-order valence-electron chi connectivity index (χ0n) is 15.9. The third kappa shape index (κ3) is 6.91. The van der Waals surface area contributed by atoms with Gasteiger partial charge in [-0.15, -0.1) is 0 Å². The summed E-state index contributed by atoms with van der Waals surface area (Å²) in [6.45, 7) is 16.2. The molecule has 1 aliphatic carbocycles.